The number of thiazole rings is 1. The quantitative estimate of drug-likeness (QED) is 0.828. The minimum atomic E-state index is -0.281. The van der Waals surface area contributed by atoms with Gasteiger partial charge in [0.15, 0.2) is 5.13 Å². The third-order valence-electron chi connectivity index (χ3n) is 5.13. The molecule has 0 radical (unpaired) electrons. The minimum absolute atomic E-state index is 0.102. The highest BCUT2D eigenvalue weighted by Gasteiger charge is 2.41. The monoisotopic (exact) mass is 385 g/mol. The van der Waals surface area contributed by atoms with Crippen LogP contribution in [0.1, 0.15) is 31.1 Å². The summed E-state index contributed by atoms with van der Waals surface area (Å²) in [6, 6.07) is 8.12. The first-order valence-electron chi connectivity index (χ1n) is 9.33. The van der Waals surface area contributed by atoms with E-state index in [0.717, 1.165) is 41.1 Å². The molecule has 1 aromatic heterocycles. The zero-order valence-electron chi connectivity index (χ0n) is 15.5. The number of anilines is 1. The number of likely N-dealkylation sites (tertiary alicyclic amines) is 1. The zero-order chi connectivity index (χ0) is 19.0. The van der Waals surface area contributed by atoms with Crippen molar-refractivity contribution in [2.45, 2.75) is 38.6 Å². The van der Waals surface area contributed by atoms with E-state index in [9.17, 15) is 9.59 Å². The molecule has 2 aliphatic rings. The number of rotatable bonds is 6. The molecule has 1 aliphatic carbocycles. The van der Waals surface area contributed by atoms with Crippen molar-refractivity contribution >= 4 is 28.3 Å². The van der Waals surface area contributed by atoms with Gasteiger partial charge in [-0.05, 0) is 43.5 Å². The summed E-state index contributed by atoms with van der Waals surface area (Å²) >= 11 is 1.50. The van der Waals surface area contributed by atoms with E-state index in [-0.39, 0.29) is 17.7 Å². The first-order valence-corrected chi connectivity index (χ1v) is 10.1. The molecular formula is C20H23N3O3S. The van der Waals surface area contributed by atoms with Gasteiger partial charge in [0.25, 0.3) is 0 Å². The number of nitrogens with one attached hydrogen (secondary N) is 1. The molecule has 2 fully saturated rings. The summed E-state index contributed by atoms with van der Waals surface area (Å²) in [5.41, 5.74) is 1.89. The maximum absolute atomic E-state index is 12.6. The molecule has 142 valence electrons. The highest BCUT2D eigenvalue weighted by molar-refractivity contribution is 7.16. The van der Waals surface area contributed by atoms with Crippen molar-refractivity contribution in [3.05, 3.63) is 29.1 Å². The van der Waals surface area contributed by atoms with Crippen molar-refractivity contribution in [1.29, 1.82) is 0 Å². The maximum Gasteiger partial charge on any atom is 0.231 e. The number of carbonyl (C=O) groups excluding carboxylic acids is 2. The summed E-state index contributed by atoms with van der Waals surface area (Å²) in [7, 11) is 1.64. The molecule has 0 unspecified atom stereocenters. The Morgan fingerprint density at radius 3 is 2.70 bits per heavy atom. The zero-order valence-corrected chi connectivity index (χ0v) is 16.3. The van der Waals surface area contributed by atoms with E-state index in [4.69, 9.17) is 4.74 Å². The number of nitrogens with zero attached hydrogens (tertiary/aromatic N) is 2. The highest BCUT2D eigenvalue weighted by atomic mass is 32.1. The topological polar surface area (TPSA) is 71.5 Å². The molecule has 4 rings (SSSR count). The Morgan fingerprint density at radius 1 is 1.33 bits per heavy atom. The molecule has 1 atom stereocenters. The standard InChI is InChI=1S/C20H23N3O3S/c1-3-16-18(12-4-8-15(26-2)9-5-12)21-20(27-16)22-19(25)13-10-17(24)23(11-13)14-6-7-14/h4-5,8-9,13-14H,3,6-7,10-11H2,1-2H3,(H,21,22,25)/t13-/m0/s1. The lowest BCUT2D eigenvalue weighted by Gasteiger charge is -2.14. The van der Waals surface area contributed by atoms with Gasteiger partial charge in [0.05, 0.1) is 18.7 Å². The summed E-state index contributed by atoms with van der Waals surface area (Å²) in [6.07, 6.45) is 3.28. The average molecular weight is 385 g/mol. The summed E-state index contributed by atoms with van der Waals surface area (Å²) in [4.78, 5) is 32.4. The Labute approximate surface area is 162 Å². The number of amides is 2. The normalized spacial score (nSPS) is 19.4. The Kier molecular flexibility index (Phi) is 4.86. The number of aromatic nitrogens is 1. The predicted molar refractivity (Wildman–Crippen MR) is 105 cm³/mol. The van der Waals surface area contributed by atoms with E-state index < -0.39 is 0 Å². The minimum Gasteiger partial charge on any atom is -0.497 e. The van der Waals surface area contributed by atoms with Crippen LogP contribution in [0.2, 0.25) is 0 Å². The van der Waals surface area contributed by atoms with Gasteiger partial charge in [-0.1, -0.05) is 6.92 Å². The summed E-state index contributed by atoms with van der Waals surface area (Å²) in [5, 5.41) is 3.53. The Balaban J connectivity index is 1.48. The van der Waals surface area contributed by atoms with Crippen molar-refractivity contribution in [2.24, 2.45) is 5.92 Å². The number of hydrogen-bond donors (Lipinski definition) is 1. The van der Waals surface area contributed by atoms with Crippen LogP contribution in [-0.2, 0) is 16.0 Å². The maximum atomic E-state index is 12.6. The van der Waals surface area contributed by atoms with Crippen LogP contribution in [0, 0.1) is 5.92 Å². The lowest BCUT2D eigenvalue weighted by Crippen LogP contribution is -2.29. The largest absolute Gasteiger partial charge is 0.497 e. The van der Waals surface area contributed by atoms with Crippen LogP contribution < -0.4 is 10.1 Å². The van der Waals surface area contributed by atoms with E-state index in [2.05, 4.69) is 17.2 Å². The average Bonchev–Trinajstić information content (AvgIpc) is 3.33. The van der Waals surface area contributed by atoms with Crippen LogP contribution in [0.5, 0.6) is 5.75 Å². The molecule has 2 amide bonds. The first kappa shape index (κ1) is 18.0. The molecule has 1 N–H and O–H groups in total. The van der Waals surface area contributed by atoms with Gasteiger partial charge in [0.2, 0.25) is 11.8 Å². The van der Waals surface area contributed by atoms with Crippen molar-refractivity contribution in [3.8, 4) is 17.0 Å². The number of ether oxygens (including phenoxy) is 1. The Bertz CT molecular complexity index is 858. The Morgan fingerprint density at radius 2 is 2.07 bits per heavy atom. The lowest BCUT2D eigenvalue weighted by atomic mass is 10.1. The van der Waals surface area contributed by atoms with Crippen LogP contribution in [0.3, 0.4) is 0 Å². The fraction of sp³-hybridized carbons (Fsp3) is 0.450. The predicted octanol–water partition coefficient (Wildman–Crippen LogP) is 3.33. The summed E-state index contributed by atoms with van der Waals surface area (Å²) in [5.74, 6) is 0.511. The van der Waals surface area contributed by atoms with Crippen LogP contribution in [0.4, 0.5) is 5.13 Å². The van der Waals surface area contributed by atoms with Gasteiger partial charge < -0.3 is 15.0 Å². The van der Waals surface area contributed by atoms with Gasteiger partial charge in [-0.2, -0.15) is 0 Å². The molecule has 0 bridgehead atoms. The van der Waals surface area contributed by atoms with E-state index in [1.807, 2.05) is 29.2 Å². The molecule has 1 aliphatic heterocycles. The molecule has 1 saturated heterocycles. The third-order valence-corrected chi connectivity index (χ3v) is 6.24. The van der Waals surface area contributed by atoms with Crippen molar-refractivity contribution in [1.82, 2.24) is 9.88 Å². The second-order valence-corrected chi connectivity index (χ2v) is 8.12. The number of hydrogen-bond acceptors (Lipinski definition) is 5. The van der Waals surface area contributed by atoms with Crippen LogP contribution in [0.15, 0.2) is 24.3 Å². The van der Waals surface area contributed by atoms with Crippen LogP contribution in [0.25, 0.3) is 11.3 Å². The molecule has 2 aromatic rings. The van der Waals surface area contributed by atoms with E-state index in [0.29, 0.717) is 24.1 Å². The molecule has 1 aromatic carbocycles. The summed E-state index contributed by atoms with van der Waals surface area (Å²) < 4.78 is 5.21. The fourth-order valence-corrected chi connectivity index (χ4v) is 4.40. The molecule has 0 spiro atoms. The van der Waals surface area contributed by atoms with Gasteiger partial charge in [0, 0.05) is 29.4 Å². The molecule has 6 nitrogen and oxygen atoms in total. The molecule has 7 heteroatoms. The van der Waals surface area contributed by atoms with E-state index in [1.165, 1.54) is 11.3 Å². The van der Waals surface area contributed by atoms with E-state index in [1.54, 1.807) is 7.11 Å². The van der Waals surface area contributed by atoms with Gasteiger partial charge in [-0.3, -0.25) is 9.59 Å². The van der Waals surface area contributed by atoms with Gasteiger partial charge >= 0.3 is 0 Å². The Hall–Kier alpha value is -2.41. The number of benzene rings is 1. The SMILES string of the molecule is CCc1sc(NC(=O)[C@H]2CC(=O)N(C3CC3)C2)nc1-c1ccc(OC)cc1. The van der Waals surface area contributed by atoms with Crippen molar-refractivity contribution in [2.75, 3.05) is 19.0 Å². The fourth-order valence-electron chi connectivity index (χ4n) is 3.47. The molecule has 2 heterocycles. The second kappa shape index (κ2) is 7.31. The molecular weight excluding hydrogens is 362 g/mol. The third kappa shape index (κ3) is 3.69. The van der Waals surface area contributed by atoms with Crippen molar-refractivity contribution < 1.29 is 14.3 Å². The van der Waals surface area contributed by atoms with Crippen molar-refractivity contribution in [3.63, 3.8) is 0 Å². The first-order chi connectivity index (χ1) is 13.1. The van der Waals surface area contributed by atoms with Gasteiger partial charge in [0.1, 0.15) is 5.75 Å². The smallest absolute Gasteiger partial charge is 0.231 e. The highest BCUT2D eigenvalue weighted by Crippen LogP contribution is 2.35. The van der Waals surface area contributed by atoms with Gasteiger partial charge in [-0.15, -0.1) is 11.3 Å². The number of methoxy groups -OCH3 is 1. The molecule has 27 heavy (non-hydrogen) atoms. The number of aryl methyl sites for hydroxylation is 1. The lowest BCUT2D eigenvalue weighted by molar-refractivity contribution is -0.128. The van der Waals surface area contributed by atoms with E-state index >= 15 is 0 Å². The van der Waals surface area contributed by atoms with Crippen LogP contribution in [-0.4, -0.2) is 41.4 Å². The number of carbonyl (C=O) groups is 2. The second-order valence-electron chi connectivity index (χ2n) is 7.04. The molecule has 1 saturated carbocycles. The van der Waals surface area contributed by atoms with Gasteiger partial charge in [-0.25, -0.2) is 4.98 Å². The summed E-state index contributed by atoms with van der Waals surface area (Å²) in [6.45, 7) is 2.61. The van der Waals surface area contributed by atoms with Crippen LogP contribution >= 0.6 is 11.3 Å².